The second kappa shape index (κ2) is 4.50. The van der Waals surface area contributed by atoms with Crippen LogP contribution in [0, 0.1) is 0 Å². The van der Waals surface area contributed by atoms with E-state index in [0.717, 1.165) is 11.3 Å². The molecule has 1 heterocycles. The van der Waals surface area contributed by atoms with Crippen molar-refractivity contribution in [2.24, 2.45) is 0 Å². The number of benzene rings is 1. The Bertz CT molecular complexity index is 637. The third-order valence-corrected chi connectivity index (χ3v) is 2.94. The average molecular weight is 252 g/mol. The van der Waals surface area contributed by atoms with Crippen LogP contribution in [0.1, 0.15) is 17.3 Å². The molecule has 1 aromatic carbocycles. The van der Waals surface area contributed by atoms with E-state index in [1.165, 1.54) is 6.07 Å². The molecule has 0 fully saturated rings. The summed E-state index contributed by atoms with van der Waals surface area (Å²) in [6, 6.07) is 4.58. The van der Waals surface area contributed by atoms with Crippen molar-refractivity contribution in [1.82, 2.24) is 0 Å². The van der Waals surface area contributed by atoms with Crippen molar-refractivity contribution in [2.75, 3.05) is 6.61 Å². The van der Waals surface area contributed by atoms with Crippen LogP contribution < -0.4 is 4.94 Å². The lowest BCUT2D eigenvalue weighted by molar-refractivity contribution is -0.137. The number of carbonyl (C=O) groups is 2. The van der Waals surface area contributed by atoms with Gasteiger partial charge in [-0.25, -0.2) is 9.59 Å². The Labute approximate surface area is 99.6 Å². The molecule has 0 atom stereocenters. The minimum atomic E-state index is -0.930. The first-order chi connectivity index (χ1) is 8.13. The van der Waals surface area contributed by atoms with Gasteiger partial charge >= 0.3 is 10.9 Å². The van der Waals surface area contributed by atoms with E-state index in [2.05, 4.69) is 4.74 Å². The standard InChI is InChI=1S/C11H8O5S/c1-2-15-10(13)8(12)6-4-3-5-7-9(6)17-11(14)16-7/h3-5H,2H2,1H3. The molecule has 6 heteroatoms. The molecular weight excluding hydrogens is 244 g/mol. The Morgan fingerprint density at radius 2 is 2.18 bits per heavy atom. The summed E-state index contributed by atoms with van der Waals surface area (Å²) in [5.74, 6) is -1.70. The first kappa shape index (κ1) is 11.5. The molecule has 88 valence electrons. The highest BCUT2D eigenvalue weighted by Gasteiger charge is 2.21. The lowest BCUT2D eigenvalue weighted by Crippen LogP contribution is -2.17. The van der Waals surface area contributed by atoms with Gasteiger partial charge in [-0.2, -0.15) is 0 Å². The third kappa shape index (κ3) is 2.12. The van der Waals surface area contributed by atoms with Crippen LogP contribution in [0.25, 0.3) is 10.3 Å². The van der Waals surface area contributed by atoms with Crippen LogP contribution in [0.4, 0.5) is 0 Å². The van der Waals surface area contributed by atoms with Gasteiger partial charge in [-0.15, -0.1) is 0 Å². The van der Waals surface area contributed by atoms with Crippen LogP contribution in [0.2, 0.25) is 0 Å². The molecule has 0 saturated heterocycles. The maximum atomic E-state index is 11.7. The van der Waals surface area contributed by atoms with E-state index in [0.29, 0.717) is 10.3 Å². The Hall–Kier alpha value is -1.95. The van der Waals surface area contributed by atoms with Crippen molar-refractivity contribution < 1.29 is 18.7 Å². The molecule has 1 aromatic heterocycles. The average Bonchev–Trinajstić information content (AvgIpc) is 2.68. The van der Waals surface area contributed by atoms with E-state index in [9.17, 15) is 14.4 Å². The number of ketones is 1. The fraction of sp³-hybridized carbons (Fsp3) is 0.182. The fourth-order valence-electron chi connectivity index (χ4n) is 1.38. The van der Waals surface area contributed by atoms with E-state index in [-0.39, 0.29) is 12.2 Å². The van der Waals surface area contributed by atoms with Gasteiger partial charge in [0.1, 0.15) is 5.58 Å². The van der Waals surface area contributed by atoms with Crippen molar-refractivity contribution in [3.8, 4) is 0 Å². The number of rotatable bonds is 3. The zero-order chi connectivity index (χ0) is 12.4. The van der Waals surface area contributed by atoms with E-state index >= 15 is 0 Å². The Morgan fingerprint density at radius 3 is 2.88 bits per heavy atom. The van der Waals surface area contributed by atoms with Crippen LogP contribution in [-0.4, -0.2) is 18.4 Å². The van der Waals surface area contributed by atoms with Crippen LogP contribution in [0.3, 0.4) is 0 Å². The number of esters is 1. The highest BCUT2D eigenvalue weighted by molar-refractivity contribution is 7.16. The molecule has 0 N–H and O–H groups in total. The molecule has 0 saturated carbocycles. The molecular formula is C11H8O5S. The Kier molecular flexibility index (Phi) is 3.06. The fourth-order valence-corrected chi connectivity index (χ4v) is 2.16. The summed E-state index contributed by atoms with van der Waals surface area (Å²) in [4.78, 5) is 33.6. The van der Waals surface area contributed by atoms with Crippen molar-refractivity contribution in [1.29, 1.82) is 0 Å². The number of Topliss-reactive ketones (excluding diaryl/α,β-unsaturated/α-hetero) is 1. The maximum absolute atomic E-state index is 11.7. The number of ether oxygens (including phenoxy) is 1. The first-order valence-electron chi connectivity index (χ1n) is 4.87. The molecule has 2 aromatic rings. The largest absolute Gasteiger partial charge is 0.460 e. The van der Waals surface area contributed by atoms with Gasteiger partial charge < -0.3 is 9.15 Å². The topological polar surface area (TPSA) is 73.6 Å². The number of fused-ring (bicyclic) bond motifs is 1. The van der Waals surface area contributed by atoms with Gasteiger partial charge in [0.05, 0.1) is 16.9 Å². The maximum Gasteiger partial charge on any atom is 0.396 e. The summed E-state index contributed by atoms with van der Waals surface area (Å²) >= 11 is 0.792. The highest BCUT2D eigenvalue weighted by atomic mass is 32.1. The van der Waals surface area contributed by atoms with Crippen molar-refractivity contribution >= 4 is 33.4 Å². The van der Waals surface area contributed by atoms with Gasteiger partial charge in [-0.1, -0.05) is 17.4 Å². The Balaban J connectivity index is 2.51. The summed E-state index contributed by atoms with van der Waals surface area (Å²) in [5, 5.41) is 0. The highest BCUT2D eigenvalue weighted by Crippen LogP contribution is 2.22. The predicted octanol–water partition coefficient (Wildman–Crippen LogP) is 1.60. The summed E-state index contributed by atoms with van der Waals surface area (Å²) in [6.07, 6.45) is 0. The molecule has 2 rings (SSSR count). The SMILES string of the molecule is CCOC(=O)C(=O)c1cccc2oc(=O)sc12. The summed E-state index contributed by atoms with van der Waals surface area (Å²) < 4.78 is 9.85. The molecule has 0 radical (unpaired) electrons. The predicted molar refractivity (Wildman–Crippen MR) is 61.3 cm³/mol. The number of carbonyl (C=O) groups excluding carboxylic acids is 2. The van der Waals surface area contributed by atoms with Crippen LogP contribution >= 0.6 is 11.3 Å². The van der Waals surface area contributed by atoms with Crippen LogP contribution in [0.15, 0.2) is 27.4 Å². The molecule has 17 heavy (non-hydrogen) atoms. The molecule has 5 nitrogen and oxygen atoms in total. The van der Waals surface area contributed by atoms with Gasteiger partial charge in [0.2, 0.25) is 0 Å². The molecule has 0 aliphatic rings. The smallest absolute Gasteiger partial charge is 0.396 e. The lowest BCUT2D eigenvalue weighted by atomic mass is 10.1. The van der Waals surface area contributed by atoms with E-state index in [1.54, 1.807) is 19.1 Å². The zero-order valence-electron chi connectivity index (χ0n) is 8.89. The molecule has 0 unspecified atom stereocenters. The van der Waals surface area contributed by atoms with Gasteiger partial charge in [0, 0.05) is 0 Å². The van der Waals surface area contributed by atoms with E-state index < -0.39 is 16.7 Å². The van der Waals surface area contributed by atoms with E-state index in [4.69, 9.17) is 4.42 Å². The van der Waals surface area contributed by atoms with Gasteiger partial charge in [-0.3, -0.25) is 4.79 Å². The monoisotopic (exact) mass is 252 g/mol. The minimum absolute atomic E-state index is 0.127. The quantitative estimate of drug-likeness (QED) is 0.471. The van der Waals surface area contributed by atoms with E-state index in [1.807, 2.05) is 0 Å². The second-order valence-corrected chi connectivity index (χ2v) is 4.08. The van der Waals surface area contributed by atoms with Crippen LogP contribution in [-0.2, 0) is 9.53 Å². The van der Waals surface area contributed by atoms with Gasteiger partial charge in [0.15, 0.2) is 0 Å². The summed E-state index contributed by atoms with van der Waals surface area (Å²) in [7, 11) is 0. The van der Waals surface area contributed by atoms with Gasteiger partial charge in [-0.05, 0) is 19.1 Å². The minimum Gasteiger partial charge on any atom is -0.460 e. The summed E-state index contributed by atoms with van der Waals surface area (Å²) in [5.41, 5.74) is 0.437. The normalized spacial score (nSPS) is 10.4. The lowest BCUT2D eigenvalue weighted by Gasteiger charge is -2.00. The third-order valence-electron chi connectivity index (χ3n) is 2.06. The van der Waals surface area contributed by atoms with Gasteiger partial charge in [0.25, 0.3) is 5.78 Å². The molecule has 0 aliphatic carbocycles. The Morgan fingerprint density at radius 1 is 1.41 bits per heavy atom. The zero-order valence-corrected chi connectivity index (χ0v) is 9.71. The molecule has 0 spiro atoms. The van der Waals surface area contributed by atoms with Crippen molar-refractivity contribution in [3.63, 3.8) is 0 Å². The number of hydrogen-bond donors (Lipinski definition) is 0. The number of hydrogen-bond acceptors (Lipinski definition) is 6. The van der Waals surface area contributed by atoms with Crippen LogP contribution in [0.5, 0.6) is 0 Å². The van der Waals surface area contributed by atoms with Crippen molar-refractivity contribution in [3.05, 3.63) is 33.5 Å². The first-order valence-corrected chi connectivity index (χ1v) is 5.69. The second-order valence-electron chi connectivity index (χ2n) is 3.14. The summed E-state index contributed by atoms with van der Waals surface area (Å²) in [6.45, 7) is 1.74. The molecule has 0 amide bonds. The molecule has 0 aliphatic heterocycles. The van der Waals surface area contributed by atoms with Crippen molar-refractivity contribution in [2.45, 2.75) is 6.92 Å². The molecule has 0 bridgehead atoms.